The zero-order valence-electron chi connectivity index (χ0n) is 18.7. The maximum Gasteiger partial charge on any atom is 0.313 e. The van der Waals surface area contributed by atoms with Crippen LogP contribution in [0.5, 0.6) is 0 Å². The second-order valence-electron chi connectivity index (χ2n) is 8.73. The molecule has 31 heavy (non-hydrogen) atoms. The third-order valence-corrected chi connectivity index (χ3v) is 6.71. The van der Waals surface area contributed by atoms with Crippen molar-refractivity contribution < 1.29 is 9.59 Å². The van der Waals surface area contributed by atoms with Gasteiger partial charge in [-0.25, -0.2) is 0 Å². The van der Waals surface area contributed by atoms with Crippen LogP contribution in [0.15, 0.2) is 36.4 Å². The summed E-state index contributed by atoms with van der Waals surface area (Å²) in [7, 11) is 2.12. The Morgan fingerprint density at radius 2 is 1.81 bits per heavy atom. The topological polar surface area (TPSA) is 64.7 Å². The monoisotopic (exact) mass is 420 g/mol. The lowest BCUT2D eigenvalue weighted by Crippen LogP contribution is -2.41. The van der Waals surface area contributed by atoms with Crippen LogP contribution in [0.2, 0.25) is 0 Å². The van der Waals surface area contributed by atoms with Gasteiger partial charge in [0.15, 0.2) is 0 Å². The number of carbonyl (C=O) groups excluding carboxylic acids is 2. The second kappa shape index (κ2) is 9.10. The highest BCUT2D eigenvalue weighted by atomic mass is 16.2. The van der Waals surface area contributed by atoms with Crippen molar-refractivity contribution in [2.24, 2.45) is 0 Å². The second-order valence-corrected chi connectivity index (χ2v) is 8.73. The first-order valence-electron chi connectivity index (χ1n) is 11.2. The fourth-order valence-electron chi connectivity index (χ4n) is 4.64. The van der Waals surface area contributed by atoms with Gasteiger partial charge in [0.1, 0.15) is 0 Å². The number of hydrogen-bond acceptors (Lipinski definition) is 4. The highest BCUT2D eigenvalue weighted by molar-refractivity contribution is 6.39. The van der Waals surface area contributed by atoms with Gasteiger partial charge in [-0.3, -0.25) is 14.5 Å². The minimum absolute atomic E-state index is 0.0798. The number of likely N-dealkylation sites (tertiary alicyclic amines) is 1. The summed E-state index contributed by atoms with van der Waals surface area (Å²) in [6.45, 7) is 7.44. The molecule has 2 N–H and O–H groups in total. The number of rotatable bonds is 5. The lowest BCUT2D eigenvalue weighted by molar-refractivity contribution is -0.136. The number of hydrogen-bond donors (Lipinski definition) is 2. The Labute approximate surface area is 184 Å². The van der Waals surface area contributed by atoms with Crippen molar-refractivity contribution in [3.05, 3.63) is 58.7 Å². The number of carbonyl (C=O) groups is 2. The fraction of sp³-hybridized carbons (Fsp3) is 0.440. The molecular weight excluding hydrogens is 388 g/mol. The lowest BCUT2D eigenvalue weighted by Gasteiger charge is -2.28. The standard InChI is InChI=1S/C25H32N4O2/c1-17-7-6-8-21(18(17)2)27-25(31)24(30)26-16-23(29-12-4-5-13-29)19-9-10-22-20(15-19)11-14-28(22)3/h6-10,15,23H,4-5,11-14,16H2,1-3H3,(H,26,30)(H,27,31)/t23-/m0/s1. The van der Waals surface area contributed by atoms with Crippen LogP contribution in [0.3, 0.4) is 0 Å². The van der Waals surface area contributed by atoms with Crippen molar-refractivity contribution in [1.29, 1.82) is 0 Å². The van der Waals surface area contributed by atoms with E-state index >= 15 is 0 Å². The first-order valence-corrected chi connectivity index (χ1v) is 11.2. The van der Waals surface area contributed by atoms with Crippen LogP contribution in [0.25, 0.3) is 0 Å². The molecule has 4 rings (SSSR count). The van der Waals surface area contributed by atoms with Crippen molar-refractivity contribution in [3.63, 3.8) is 0 Å². The fourth-order valence-corrected chi connectivity index (χ4v) is 4.64. The van der Waals surface area contributed by atoms with Crippen LogP contribution in [0, 0.1) is 13.8 Å². The van der Waals surface area contributed by atoms with E-state index < -0.39 is 11.8 Å². The summed E-state index contributed by atoms with van der Waals surface area (Å²) >= 11 is 0. The summed E-state index contributed by atoms with van der Waals surface area (Å²) in [5.74, 6) is -1.21. The first-order chi connectivity index (χ1) is 14.9. The van der Waals surface area contributed by atoms with Gasteiger partial charge in [0.25, 0.3) is 0 Å². The predicted molar refractivity (Wildman–Crippen MR) is 125 cm³/mol. The number of nitrogens with zero attached hydrogens (tertiary/aromatic N) is 2. The third-order valence-electron chi connectivity index (χ3n) is 6.71. The van der Waals surface area contributed by atoms with Gasteiger partial charge >= 0.3 is 11.8 Å². The minimum atomic E-state index is -0.621. The smallest absolute Gasteiger partial charge is 0.313 e. The Morgan fingerprint density at radius 1 is 1.03 bits per heavy atom. The van der Waals surface area contributed by atoms with Crippen LogP contribution in [0.4, 0.5) is 11.4 Å². The molecule has 6 heteroatoms. The van der Waals surface area contributed by atoms with Gasteiger partial charge in [0.2, 0.25) is 0 Å². The van der Waals surface area contributed by atoms with Crippen LogP contribution in [-0.4, -0.2) is 49.9 Å². The maximum absolute atomic E-state index is 12.6. The van der Waals surface area contributed by atoms with Crippen molar-refractivity contribution >= 4 is 23.2 Å². The molecule has 2 aromatic rings. The molecule has 1 saturated heterocycles. The molecule has 164 valence electrons. The largest absolute Gasteiger partial charge is 0.374 e. The van der Waals surface area contributed by atoms with Crippen LogP contribution >= 0.6 is 0 Å². The number of amides is 2. The van der Waals surface area contributed by atoms with Crippen LogP contribution < -0.4 is 15.5 Å². The summed E-state index contributed by atoms with van der Waals surface area (Å²) in [5.41, 5.74) is 6.60. The Hall–Kier alpha value is -2.86. The lowest BCUT2D eigenvalue weighted by atomic mass is 10.0. The minimum Gasteiger partial charge on any atom is -0.374 e. The van der Waals surface area contributed by atoms with Gasteiger partial charge in [0.05, 0.1) is 6.04 Å². The molecule has 2 heterocycles. The third kappa shape index (κ3) is 4.59. The number of nitrogens with one attached hydrogen (secondary N) is 2. The summed E-state index contributed by atoms with van der Waals surface area (Å²) in [5, 5.41) is 5.64. The average Bonchev–Trinajstić information content (AvgIpc) is 3.42. The van der Waals surface area contributed by atoms with Crippen molar-refractivity contribution in [2.45, 2.75) is 39.2 Å². The zero-order valence-corrected chi connectivity index (χ0v) is 18.7. The van der Waals surface area contributed by atoms with Crippen LogP contribution in [0.1, 0.15) is 41.1 Å². The molecule has 0 aliphatic carbocycles. The van der Waals surface area contributed by atoms with E-state index in [4.69, 9.17) is 0 Å². The Bertz CT molecular complexity index is 981. The van der Waals surface area contributed by atoms with Gasteiger partial charge in [-0.15, -0.1) is 0 Å². The maximum atomic E-state index is 12.6. The molecule has 2 aromatic carbocycles. The van der Waals surface area contributed by atoms with E-state index in [9.17, 15) is 9.59 Å². The summed E-state index contributed by atoms with van der Waals surface area (Å²) in [6.07, 6.45) is 3.40. The molecule has 2 aliphatic heterocycles. The highest BCUT2D eigenvalue weighted by Crippen LogP contribution is 2.32. The number of anilines is 2. The molecule has 1 fully saturated rings. The predicted octanol–water partition coefficient (Wildman–Crippen LogP) is 3.19. The number of aryl methyl sites for hydroxylation is 1. The summed E-state index contributed by atoms with van der Waals surface area (Å²) in [6, 6.07) is 12.4. The van der Waals surface area contributed by atoms with E-state index in [1.54, 1.807) is 0 Å². The SMILES string of the molecule is Cc1cccc(NC(=O)C(=O)NC[C@@H](c2ccc3c(c2)CCN3C)N2CCCC2)c1C. The van der Waals surface area contributed by atoms with Gasteiger partial charge in [-0.05, 0) is 80.6 Å². The van der Waals surface area contributed by atoms with Crippen LogP contribution in [-0.2, 0) is 16.0 Å². The number of benzene rings is 2. The van der Waals surface area contributed by atoms with E-state index in [1.165, 1.54) is 29.7 Å². The van der Waals surface area contributed by atoms with Gasteiger partial charge < -0.3 is 15.5 Å². The van der Waals surface area contributed by atoms with Crippen molar-refractivity contribution in [1.82, 2.24) is 10.2 Å². The molecule has 6 nitrogen and oxygen atoms in total. The molecule has 0 aromatic heterocycles. The summed E-state index contributed by atoms with van der Waals surface area (Å²) < 4.78 is 0. The molecule has 1 atom stereocenters. The molecule has 0 saturated carbocycles. The van der Waals surface area contributed by atoms with E-state index in [2.05, 4.69) is 45.7 Å². The molecule has 2 aliphatic rings. The molecular formula is C25H32N4O2. The summed E-state index contributed by atoms with van der Waals surface area (Å²) in [4.78, 5) is 29.8. The highest BCUT2D eigenvalue weighted by Gasteiger charge is 2.27. The normalized spacial score (nSPS) is 16.8. The van der Waals surface area contributed by atoms with E-state index in [0.717, 1.165) is 37.2 Å². The van der Waals surface area contributed by atoms with E-state index in [0.29, 0.717) is 12.2 Å². The molecule has 0 bridgehead atoms. The molecule has 2 amide bonds. The Balaban J connectivity index is 1.45. The van der Waals surface area contributed by atoms with Crippen molar-refractivity contribution in [2.75, 3.05) is 43.4 Å². The Kier molecular flexibility index (Phi) is 6.28. The van der Waals surface area contributed by atoms with Gasteiger partial charge in [-0.1, -0.05) is 24.3 Å². The average molecular weight is 421 g/mol. The van der Waals surface area contributed by atoms with Gasteiger partial charge in [0, 0.05) is 31.5 Å². The molecule has 0 unspecified atom stereocenters. The number of fused-ring (bicyclic) bond motifs is 1. The molecule has 0 radical (unpaired) electrons. The first kappa shape index (κ1) is 21.4. The van der Waals surface area contributed by atoms with Gasteiger partial charge in [-0.2, -0.15) is 0 Å². The number of likely N-dealkylation sites (N-methyl/N-ethyl adjacent to an activating group) is 1. The van der Waals surface area contributed by atoms with E-state index in [1.807, 2.05) is 32.0 Å². The quantitative estimate of drug-likeness (QED) is 0.730. The Morgan fingerprint density at radius 3 is 2.58 bits per heavy atom. The van der Waals surface area contributed by atoms with Crippen molar-refractivity contribution in [3.8, 4) is 0 Å². The zero-order chi connectivity index (χ0) is 22.0. The molecule has 0 spiro atoms. The van der Waals surface area contributed by atoms with E-state index in [-0.39, 0.29) is 6.04 Å².